The molecule has 1 aliphatic heterocycles. The Morgan fingerprint density at radius 2 is 1.83 bits per heavy atom. The van der Waals surface area contributed by atoms with Crippen molar-refractivity contribution in [3.8, 4) is 5.75 Å². The Hall–Kier alpha value is -2.29. The number of likely N-dealkylation sites (tertiary alicyclic amines) is 1. The lowest BCUT2D eigenvalue weighted by Crippen LogP contribution is -2.41. The molecule has 0 aliphatic carbocycles. The van der Waals surface area contributed by atoms with Crippen LogP contribution in [0.3, 0.4) is 0 Å². The van der Waals surface area contributed by atoms with Crippen LogP contribution in [0.2, 0.25) is 0 Å². The van der Waals surface area contributed by atoms with Crippen molar-refractivity contribution in [2.24, 2.45) is 0 Å². The molecule has 2 aromatic carbocycles. The second-order valence-corrected chi connectivity index (χ2v) is 6.14. The van der Waals surface area contributed by atoms with E-state index in [9.17, 15) is 4.79 Å². The minimum atomic E-state index is 0.131. The third kappa shape index (κ3) is 3.92. The van der Waals surface area contributed by atoms with Gasteiger partial charge in [-0.1, -0.05) is 30.3 Å². The predicted octanol–water partition coefficient (Wildman–Crippen LogP) is 4.28. The number of nitrogens with zero attached hydrogens (tertiary/aromatic N) is 1. The molecule has 0 aromatic heterocycles. The molecule has 1 heterocycles. The summed E-state index contributed by atoms with van der Waals surface area (Å²) < 4.78 is 5.77. The normalized spacial score (nSPS) is 17.8. The average Bonchev–Trinajstić information content (AvgIpc) is 2.61. The predicted molar refractivity (Wildman–Crippen MR) is 91.6 cm³/mol. The summed E-state index contributed by atoms with van der Waals surface area (Å²) in [6.07, 6.45) is 3.43. The molecule has 0 spiro atoms. The number of benzene rings is 2. The van der Waals surface area contributed by atoms with Crippen LogP contribution in [-0.2, 0) is 6.61 Å². The Labute approximate surface area is 137 Å². The van der Waals surface area contributed by atoms with Gasteiger partial charge in [0, 0.05) is 18.2 Å². The lowest BCUT2D eigenvalue weighted by Gasteiger charge is -2.33. The molecule has 0 saturated carbocycles. The summed E-state index contributed by atoms with van der Waals surface area (Å²) in [4.78, 5) is 14.6. The maximum atomic E-state index is 12.6. The van der Waals surface area contributed by atoms with Crippen LogP contribution in [0.5, 0.6) is 5.75 Å². The molecular formula is C20H23NO2. The van der Waals surface area contributed by atoms with Crippen molar-refractivity contribution in [3.05, 3.63) is 65.7 Å². The summed E-state index contributed by atoms with van der Waals surface area (Å²) in [5.41, 5.74) is 1.88. The van der Waals surface area contributed by atoms with Crippen molar-refractivity contribution in [2.75, 3.05) is 6.54 Å². The van der Waals surface area contributed by atoms with Crippen LogP contribution in [0.1, 0.15) is 42.1 Å². The average molecular weight is 309 g/mol. The minimum absolute atomic E-state index is 0.131. The molecule has 0 radical (unpaired) electrons. The molecule has 3 heteroatoms. The van der Waals surface area contributed by atoms with Gasteiger partial charge in [-0.05, 0) is 56.0 Å². The number of hydrogen-bond acceptors (Lipinski definition) is 2. The Balaban J connectivity index is 1.61. The highest BCUT2D eigenvalue weighted by Crippen LogP contribution is 2.21. The van der Waals surface area contributed by atoms with Gasteiger partial charge < -0.3 is 9.64 Å². The van der Waals surface area contributed by atoms with Crippen LogP contribution in [0, 0.1) is 0 Å². The van der Waals surface area contributed by atoms with Gasteiger partial charge in [0.15, 0.2) is 0 Å². The molecule has 1 fully saturated rings. The van der Waals surface area contributed by atoms with Crippen molar-refractivity contribution in [3.63, 3.8) is 0 Å². The Morgan fingerprint density at radius 3 is 2.52 bits per heavy atom. The fourth-order valence-electron chi connectivity index (χ4n) is 3.00. The van der Waals surface area contributed by atoms with Crippen LogP contribution in [-0.4, -0.2) is 23.4 Å². The molecule has 3 rings (SSSR count). The van der Waals surface area contributed by atoms with Gasteiger partial charge in [-0.3, -0.25) is 4.79 Å². The molecule has 1 atom stereocenters. The highest BCUT2D eigenvalue weighted by Gasteiger charge is 2.23. The molecule has 2 aromatic rings. The van der Waals surface area contributed by atoms with E-state index in [0.717, 1.165) is 36.3 Å². The second-order valence-electron chi connectivity index (χ2n) is 6.14. The minimum Gasteiger partial charge on any atom is -0.489 e. The summed E-state index contributed by atoms with van der Waals surface area (Å²) in [6.45, 7) is 3.54. The molecule has 1 amide bonds. The summed E-state index contributed by atoms with van der Waals surface area (Å²) in [5, 5.41) is 0. The number of ether oxygens (including phenoxy) is 1. The van der Waals surface area contributed by atoms with Gasteiger partial charge >= 0.3 is 0 Å². The number of carbonyl (C=O) groups is 1. The van der Waals surface area contributed by atoms with E-state index in [1.807, 2.05) is 59.5 Å². The standard InChI is InChI=1S/C20H23NO2/c1-16-7-5-6-14-21(16)20(22)18-10-12-19(13-11-18)23-15-17-8-3-2-4-9-17/h2-4,8-13,16H,5-7,14-15H2,1H3/t16-/m0/s1. The molecule has 23 heavy (non-hydrogen) atoms. The van der Waals surface area contributed by atoms with Gasteiger partial charge in [-0.25, -0.2) is 0 Å². The third-order valence-corrected chi connectivity index (χ3v) is 4.41. The number of carbonyl (C=O) groups excluding carboxylic acids is 1. The zero-order chi connectivity index (χ0) is 16.1. The van der Waals surface area contributed by atoms with Crippen LogP contribution in [0.15, 0.2) is 54.6 Å². The van der Waals surface area contributed by atoms with Crippen molar-refractivity contribution >= 4 is 5.91 Å². The first-order valence-electron chi connectivity index (χ1n) is 8.32. The van der Waals surface area contributed by atoms with Crippen LogP contribution < -0.4 is 4.74 Å². The molecule has 1 aliphatic rings. The van der Waals surface area contributed by atoms with Gasteiger partial charge in [0.1, 0.15) is 12.4 Å². The Kier molecular flexibility index (Phi) is 4.96. The zero-order valence-electron chi connectivity index (χ0n) is 13.6. The number of amides is 1. The maximum absolute atomic E-state index is 12.6. The lowest BCUT2D eigenvalue weighted by atomic mass is 10.0. The lowest BCUT2D eigenvalue weighted by molar-refractivity contribution is 0.0635. The van der Waals surface area contributed by atoms with Crippen molar-refractivity contribution < 1.29 is 9.53 Å². The third-order valence-electron chi connectivity index (χ3n) is 4.41. The number of rotatable bonds is 4. The number of piperidine rings is 1. The van der Waals surface area contributed by atoms with Crippen molar-refractivity contribution in [1.82, 2.24) is 4.90 Å². The molecule has 1 saturated heterocycles. The summed E-state index contributed by atoms with van der Waals surface area (Å²) in [7, 11) is 0. The highest BCUT2D eigenvalue weighted by molar-refractivity contribution is 5.94. The van der Waals surface area contributed by atoms with E-state index in [2.05, 4.69) is 6.92 Å². The molecular weight excluding hydrogens is 286 g/mol. The van der Waals surface area contributed by atoms with Crippen LogP contribution in [0.4, 0.5) is 0 Å². The summed E-state index contributed by atoms with van der Waals surface area (Å²) >= 11 is 0. The SMILES string of the molecule is C[C@H]1CCCCN1C(=O)c1ccc(OCc2ccccc2)cc1. The van der Waals surface area contributed by atoms with E-state index in [0.29, 0.717) is 12.6 Å². The topological polar surface area (TPSA) is 29.5 Å². The Bertz CT molecular complexity index is 636. The molecule has 120 valence electrons. The largest absolute Gasteiger partial charge is 0.489 e. The van der Waals surface area contributed by atoms with Crippen LogP contribution in [0.25, 0.3) is 0 Å². The number of hydrogen-bond donors (Lipinski definition) is 0. The maximum Gasteiger partial charge on any atom is 0.254 e. The van der Waals surface area contributed by atoms with E-state index in [1.54, 1.807) is 0 Å². The molecule has 3 nitrogen and oxygen atoms in total. The van der Waals surface area contributed by atoms with Crippen molar-refractivity contribution in [2.45, 2.75) is 38.8 Å². The van der Waals surface area contributed by atoms with Gasteiger partial charge in [0.25, 0.3) is 5.91 Å². The summed E-state index contributed by atoms with van der Waals surface area (Å²) in [5.74, 6) is 0.920. The smallest absolute Gasteiger partial charge is 0.254 e. The van der Waals surface area contributed by atoms with Crippen molar-refractivity contribution in [1.29, 1.82) is 0 Å². The van der Waals surface area contributed by atoms with Gasteiger partial charge in [0.2, 0.25) is 0 Å². The van der Waals surface area contributed by atoms with E-state index in [-0.39, 0.29) is 5.91 Å². The fourth-order valence-corrected chi connectivity index (χ4v) is 3.00. The van der Waals surface area contributed by atoms with Gasteiger partial charge in [-0.15, -0.1) is 0 Å². The van der Waals surface area contributed by atoms with E-state index in [4.69, 9.17) is 4.74 Å². The Morgan fingerprint density at radius 1 is 1.09 bits per heavy atom. The molecule has 0 unspecified atom stereocenters. The fraction of sp³-hybridized carbons (Fsp3) is 0.350. The molecule has 0 bridgehead atoms. The zero-order valence-corrected chi connectivity index (χ0v) is 13.6. The van der Waals surface area contributed by atoms with Gasteiger partial charge in [-0.2, -0.15) is 0 Å². The first-order valence-corrected chi connectivity index (χ1v) is 8.32. The molecule has 0 N–H and O–H groups in total. The van der Waals surface area contributed by atoms with E-state index < -0.39 is 0 Å². The van der Waals surface area contributed by atoms with E-state index >= 15 is 0 Å². The highest BCUT2D eigenvalue weighted by atomic mass is 16.5. The van der Waals surface area contributed by atoms with E-state index in [1.165, 1.54) is 6.42 Å². The first-order chi connectivity index (χ1) is 11.2. The summed E-state index contributed by atoms with van der Waals surface area (Å²) in [6, 6.07) is 17.9. The van der Waals surface area contributed by atoms with Crippen LogP contribution >= 0.6 is 0 Å². The monoisotopic (exact) mass is 309 g/mol. The second kappa shape index (κ2) is 7.32. The quantitative estimate of drug-likeness (QED) is 0.843. The first kappa shape index (κ1) is 15.6. The van der Waals surface area contributed by atoms with Gasteiger partial charge in [0.05, 0.1) is 0 Å².